The summed E-state index contributed by atoms with van der Waals surface area (Å²) in [7, 11) is -0.589. The molecule has 0 aromatic heterocycles. The van der Waals surface area contributed by atoms with Crippen LogP contribution in [0.1, 0.15) is 87.9 Å². The summed E-state index contributed by atoms with van der Waals surface area (Å²) in [6.45, 7) is 2.83. The van der Waals surface area contributed by atoms with Crippen LogP contribution in [0, 0.1) is 0 Å². The molecule has 0 radical (unpaired) electrons. The fourth-order valence-electron chi connectivity index (χ4n) is 2.89. The first-order valence-electron chi connectivity index (χ1n) is 10.4. The number of aromatic carboxylic acids is 1. The van der Waals surface area contributed by atoms with Crippen molar-refractivity contribution in [3.8, 4) is 5.75 Å². The molecule has 1 rings (SSSR count). The first-order valence-corrected chi connectivity index (χ1v) is 11.9. The Labute approximate surface area is 167 Å². The molecule has 0 spiro atoms. The number of carboxylic acids is 1. The molecule has 0 fully saturated rings. The zero-order chi connectivity index (χ0) is 19.7. The van der Waals surface area contributed by atoms with E-state index in [-0.39, 0.29) is 5.56 Å². The summed E-state index contributed by atoms with van der Waals surface area (Å²) in [6.07, 6.45) is 13.1. The van der Waals surface area contributed by atoms with Crippen LogP contribution < -0.4 is 4.74 Å². The Morgan fingerprint density at radius 2 is 1.37 bits per heavy atom. The molecular weight excluding hydrogens is 360 g/mol. The zero-order valence-corrected chi connectivity index (χ0v) is 17.6. The molecule has 1 unspecified atom stereocenters. The highest BCUT2D eigenvalue weighted by molar-refractivity contribution is 7.84. The molecule has 4 nitrogen and oxygen atoms in total. The highest BCUT2D eigenvalue weighted by Crippen LogP contribution is 2.14. The van der Waals surface area contributed by atoms with Crippen LogP contribution in [0.3, 0.4) is 0 Å². The molecule has 0 bridgehead atoms. The molecule has 0 heterocycles. The van der Waals surface area contributed by atoms with E-state index in [0.717, 1.165) is 42.9 Å². The minimum Gasteiger partial charge on any atom is -0.494 e. The topological polar surface area (TPSA) is 63.6 Å². The van der Waals surface area contributed by atoms with E-state index in [1.54, 1.807) is 24.3 Å². The number of rotatable bonds is 17. The Morgan fingerprint density at radius 1 is 0.852 bits per heavy atom. The number of hydrogen-bond acceptors (Lipinski definition) is 3. The fourth-order valence-corrected chi connectivity index (χ4v) is 4.23. The van der Waals surface area contributed by atoms with Crippen molar-refractivity contribution in [2.24, 2.45) is 0 Å². The van der Waals surface area contributed by atoms with Crippen molar-refractivity contribution in [2.75, 3.05) is 18.1 Å². The molecule has 0 saturated heterocycles. The molecular formula is C22H36O4S. The maximum absolute atomic E-state index is 11.7. The second kappa shape index (κ2) is 15.7. The standard InChI is InChI=1S/C22H36O4S/c1-2-3-18-27(25)19-12-10-8-6-4-5-7-9-11-17-26-21-15-13-20(14-16-21)22(23)24/h13-16H,2-12,17-19H2,1H3,(H,23,24). The van der Waals surface area contributed by atoms with Crippen molar-refractivity contribution in [1.29, 1.82) is 0 Å². The molecule has 0 saturated carbocycles. The van der Waals surface area contributed by atoms with Gasteiger partial charge in [0.15, 0.2) is 0 Å². The Kier molecular flexibility index (Phi) is 13.7. The average molecular weight is 397 g/mol. The quantitative estimate of drug-likeness (QED) is 0.337. The summed E-state index contributed by atoms with van der Waals surface area (Å²) in [6, 6.07) is 6.56. The van der Waals surface area contributed by atoms with Crippen LogP contribution in [0.15, 0.2) is 24.3 Å². The maximum atomic E-state index is 11.7. The smallest absolute Gasteiger partial charge is 0.335 e. The summed E-state index contributed by atoms with van der Waals surface area (Å²) in [5, 5.41) is 8.85. The van der Waals surface area contributed by atoms with Crippen molar-refractivity contribution >= 4 is 16.8 Å². The molecule has 0 amide bonds. The van der Waals surface area contributed by atoms with Gasteiger partial charge in [-0.15, -0.1) is 0 Å². The Bertz CT molecular complexity index is 528. The minimum absolute atomic E-state index is 0.284. The van der Waals surface area contributed by atoms with Crippen LogP contribution in [0.5, 0.6) is 5.75 Å². The van der Waals surface area contributed by atoms with E-state index in [9.17, 15) is 9.00 Å². The fraction of sp³-hybridized carbons (Fsp3) is 0.682. The number of ether oxygens (including phenoxy) is 1. The predicted octanol–water partition coefficient (Wildman–Crippen LogP) is 5.82. The van der Waals surface area contributed by atoms with Crippen LogP contribution in [-0.2, 0) is 10.8 Å². The molecule has 0 aliphatic rings. The molecule has 1 N–H and O–H groups in total. The van der Waals surface area contributed by atoms with Crippen molar-refractivity contribution in [1.82, 2.24) is 0 Å². The third kappa shape index (κ3) is 12.6. The van der Waals surface area contributed by atoms with Crippen LogP contribution >= 0.6 is 0 Å². The number of hydrogen-bond donors (Lipinski definition) is 1. The largest absolute Gasteiger partial charge is 0.494 e. The van der Waals surface area contributed by atoms with Gasteiger partial charge < -0.3 is 9.84 Å². The first-order chi connectivity index (χ1) is 13.1. The summed E-state index contributed by atoms with van der Waals surface area (Å²) in [5.74, 6) is 1.59. The van der Waals surface area contributed by atoms with E-state index in [0.29, 0.717) is 6.61 Å². The van der Waals surface area contributed by atoms with Gasteiger partial charge in [0.05, 0.1) is 12.2 Å². The highest BCUT2D eigenvalue weighted by atomic mass is 32.2. The lowest BCUT2D eigenvalue weighted by Gasteiger charge is -2.06. The Balaban J connectivity index is 1.86. The van der Waals surface area contributed by atoms with Crippen molar-refractivity contribution in [3.05, 3.63) is 29.8 Å². The van der Waals surface area contributed by atoms with Gasteiger partial charge in [-0.2, -0.15) is 0 Å². The normalized spacial score (nSPS) is 12.0. The second-order valence-electron chi connectivity index (χ2n) is 7.06. The number of benzene rings is 1. The van der Waals surface area contributed by atoms with Crippen molar-refractivity contribution < 1.29 is 18.8 Å². The molecule has 154 valence electrons. The predicted molar refractivity (Wildman–Crippen MR) is 113 cm³/mol. The monoisotopic (exact) mass is 396 g/mol. The number of carboxylic acid groups (broad SMARTS) is 1. The third-order valence-corrected chi connectivity index (χ3v) is 6.10. The van der Waals surface area contributed by atoms with Gasteiger partial charge >= 0.3 is 5.97 Å². The number of carbonyl (C=O) groups is 1. The lowest BCUT2D eigenvalue weighted by Crippen LogP contribution is -2.02. The van der Waals surface area contributed by atoms with E-state index < -0.39 is 16.8 Å². The molecule has 1 aromatic carbocycles. The van der Waals surface area contributed by atoms with E-state index in [1.807, 2.05) is 0 Å². The SMILES string of the molecule is CCCCS(=O)CCCCCCCCCCCOc1ccc(C(=O)O)cc1. The number of unbranched alkanes of at least 4 members (excludes halogenated alkanes) is 9. The minimum atomic E-state index is -0.913. The highest BCUT2D eigenvalue weighted by Gasteiger charge is 2.02. The van der Waals surface area contributed by atoms with Gasteiger partial charge in [0.25, 0.3) is 0 Å². The maximum Gasteiger partial charge on any atom is 0.335 e. The van der Waals surface area contributed by atoms with Gasteiger partial charge in [-0.25, -0.2) is 4.79 Å². The average Bonchev–Trinajstić information content (AvgIpc) is 2.67. The first kappa shape index (κ1) is 23.7. The third-order valence-electron chi connectivity index (χ3n) is 4.61. The molecule has 0 aliphatic heterocycles. The molecule has 5 heteroatoms. The van der Waals surface area contributed by atoms with Gasteiger partial charge in [0, 0.05) is 22.3 Å². The Hall–Kier alpha value is -1.36. The van der Waals surface area contributed by atoms with E-state index in [1.165, 1.54) is 44.9 Å². The molecule has 1 atom stereocenters. The van der Waals surface area contributed by atoms with E-state index in [2.05, 4.69) is 6.92 Å². The molecule has 1 aromatic rings. The van der Waals surface area contributed by atoms with E-state index in [4.69, 9.17) is 9.84 Å². The second-order valence-corrected chi connectivity index (χ2v) is 8.76. The zero-order valence-electron chi connectivity index (χ0n) is 16.8. The summed E-state index contributed by atoms with van der Waals surface area (Å²) in [5.41, 5.74) is 0.284. The van der Waals surface area contributed by atoms with E-state index >= 15 is 0 Å². The lowest BCUT2D eigenvalue weighted by atomic mass is 10.1. The van der Waals surface area contributed by atoms with Crippen LogP contribution in [-0.4, -0.2) is 33.4 Å². The van der Waals surface area contributed by atoms with Gasteiger partial charge in [-0.05, 0) is 43.5 Å². The summed E-state index contributed by atoms with van der Waals surface area (Å²) >= 11 is 0. The summed E-state index contributed by atoms with van der Waals surface area (Å²) < 4.78 is 17.3. The van der Waals surface area contributed by atoms with Gasteiger partial charge in [0.2, 0.25) is 0 Å². The molecule has 27 heavy (non-hydrogen) atoms. The van der Waals surface area contributed by atoms with Gasteiger partial charge in [-0.3, -0.25) is 4.21 Å². The van der Waals surface area contributed by atoms with Gasteiger partial charge in [0.1, 0.15) is 5.75 Å². The Morgan fingerprint density at radius 3 is 1.93 bits per heavy atom. The van der Waals surface area contributed by atoms with Gasteiger partial charge in [-0.1, -0.05) is 58.3 Å². The summed E-state index contributed by atoms with van der Waals surface area (Å²) in [4.78, 5) is 10.8. The van der Waals surface area contributed by atoms with Crippen LogP contribution in [0.4, 0.5) is 0 Å². The van der Waals surface area contributed by atoms with Crippen LogP contribution in [0.2, 0.25) is 0 Å². The lowest BCUT2D eigenvalue weighted by molar-refractivity contribution is 0.0697. The van der Waals surface area contributed by atoms with Crippen molar-refractivity contribution in [2.45, 2.75) is 77.6 Å². The van der Waals surface area contributed by atoms with Crippen molar-refractivity contribution in [3.63, 3.8) is 0 Å². The van der Waals surface area contributed by atoms with Crippen LogP contribution in [0.25, 0.3) is 0 Å². The molecule has 0 aliphatic carbocycles.